The number of anilines is 1. The van der Waals surface area contributed by atoms with E-state index in [-0.39, 0.29) is 5.82 Å². The number of hydrogen-bond acceptors (Lipinski definition) is 6. The largest absolute Gasteiger partial charge is 0.353 e. The fraction of sp³-hybridized carbons (Fsp3) is 0.154. The normalized spacial score (nSPS) is 12.0. The number of carbonyl (C=O) groups is 1. The molecule has 22 heavy (non-hydrogen) atoms. The van der Waals surface area contributed by atoms with E-state index in [1.54, 1.807) is 0 Å². The maximum Gasteiger partial charge on any atom is 0.342 e. The summed E-state index contributed by atoms with van der Waals surface area (Å²) in [5, 5.41) is 12.0. The van der Waals surface area contributed by atoms with Gasteiger partial charge in [-0.1, -0.05) is 30.3 Å². The summed E-state index contributed by atoms with van der Waals surface area (Å²) in [7, 11) is 0. The molecule has 1 aromatic heterocycles. The van der Waals surface area contributed by atoms with E-state index < -0.39 is 23.2 Å². The summed E-state index contributed by atoms with van der Waals surface area (Å²) in [6.45, 7) is 1.53. The van der Waals surface area contributed by atoms with Crippen LogP contribution in [0.4, 0.5) is 5.82 Å². The third-order valence-electron chi connectivity index (χ3n) is 2.65. The predicted octanol–water partition coefficient (Wildman–Crippen LogP) is -0.591. The van der Waals surface area contributed by atoms with Gasteiger partial charge in [0.2, 0.25) is 5.82 Å². The lowest BCUT2D eigenvalue weighted by Crippen LogP contribution is -2.38. The molecule has 0 unspecified atom stereocenters. The van der Waals surface area contributed by atoms with Crippen molar-refractivity contribution in [2.45, 2.75) is 13.0 Å². The Balaban J connectivity index is 1.93. The van der Waals surface area contributed by atoms with Gasteiger partial charge in [0.25, 0.3) is 11.5 Å². The van der Waals surface area contributed by atoms with Gasteiger partial charge in [-0.2, -0.15) is 5.10 Å². The highest BCUT2D eigenvalue weighted by Crippen LogP contribution is 1.95. The van der Waals surface area contributed by atoms with Crippen LogP contribution in [-0.4, -0.2) is 33.3 Å². The molecular formula is C13H14N6O3. The van der Waals surface area contributed by atoms with E-state index in [4.69, 9.17) is 0 Å². The van der Waals surface area contributed by atoms with E-state index in [1.165, 1.54) is 13.1 Å². The van der Waals surface area contributed by atoms with Crippen molar-refractivity contribution in [3.05, 3.63) is 56.7 Å². The molecule has 4 N–H and O–H groups in total. The standard InChI is InChI=1S/C13H14N6O3/c1-8(15-10-12(21)16-13(22)19-17-10)11(20)18-14-7-9-5-3-2-4-6-9/h2-8H,1H3,(H,15,17)(H,18,20)(H2,16,19,21,22)/b14-7+/t8-/m0/s1. The second-order valence-electron chi connectivity index (χ2n) is 4.37. The van der Waals surface area contributed by atoms with Crippen LogP contribution in [-0.2, 0) is 4.79 Å². The molecule has 0 spiro atoms. The molecule has 0 aliphatic carbocycles. The van der Waals surface area contributed by atoms with E-state index >= 15 is 0 Å². The summed E-state index contributed by atoms with van der Waals surface area (Å²) >= 11 is 0. The number of nitrogens with one attached hydrogen (secondary N) is 4. The fourth-order valence-electron chi connectivity index (χ4n) is 1.52. The number of rotatable bonds is 5. The van der Waals surface area contributed by atoms with Crippen molar-refractivity contribution >= 4 is 17.9 Å². The molecule has 1 amide bonds. The first kappa shape index (κ1) is 15.2. The second-order valence-corrected chi connectivity index (χ2v) is 4.37. The Labute approximate surface area is 124 Å². The van der Waals surface area contributed by atoms with Gasteiger partial charge in [0, 0.05) is 0 Å². The first-order valence-corrected chi connectivity index (χ1v) is 6.40. The van der Waals surface area contributed by atoms with Gasteiger partial charge >= 0.3 is 5.69 Å². The van der Waals surface area contributed by atoms with Gasteiger partial charge in [-0.3, -0.25) is 14.6 Å². The predicted molar refractivity (Wildman–Crippen MR) is 80.7 cm³/mol. The molecule has 0 saturated heterocycles. The van der Waals surface area contributed by atoms with E-state index in [0.717, 1.165) is 5.56 Å². The Morgan fingerprint density at radius 2 is 2.05 bits per heavy atom. The highest BCUT2D eigenvalue weighted by Gasteiger charge is 2.14. The molecule has 0 fully saturated rings. The summed E-state index contributed by atoms with van der Waals surface area (Å²) in [5.41, 5.74) is 1.74. The van der Waals surface area contributed by atoms with Gasteiger partial charge in [0.1, 0.15) is 6.04 Å². The number of hydrogen-bond donors (Lipinski definition) is 4. The Kier molecular flexibility index (Phi) is 4.81. The number of carbonyl (C=O) groups excluding carboxylic acids is 1. The maximum absolute atomic E-state index is 11.8. The van der Waals surface area contributed by atoms with Gasteiger partial charge < -0.3 is 5.32 Å². The molecule has 0 aliphatic rings. The van der Waals surface area contributed by atoms with E-state index in [0.29, 0.717) is 0 Å². The second kappa shape index (κ2) is 6.97. The van der Waals surface area contributed by atoms with Gasteiger partial charge in [0.15, 0.2) is 0 Å². The summed E-state index contributed by atoms with van der Waals surface area (Å²) in [6, 6.07) is 8.47. The van der Waals surface area contributed by atoms with E-state index in [1.807, 2.05) is 35.3 Å². The topological polar surface area (TPSA) is 132 Å². The SMILES string of the molecule is C[C@H](Nc1n[nH]c(=O)[nH]c1=O)C(=O)N/N=C/c1ccccc1. The third kappa shape index (κ3) is 4.13. The third-order valence-corrected chi connectivity index (χ3v) is 2.65. The van der Waals surface area contributed by atoms with Crippen LogP contribution in [0.1, 0.15) is 12.5 Å². The van der Waals surface area contributed by atoms with Crippen LogP contribution in [0.15, 0.2) is 45.0 Å². The Morgan fingerprint density at radius 1 is 1.32 bits per heavy atom. The number of hydrazone groups is 1. The number of aromatic nitrogens is 3. The molecule has 0 aliphatic heterocycles. The Bertz CT molecular complexity index is 780. The van der Waals surface area contributed by atoms with Crippen molar-refractivity contribution in [3.8, 4) is 0 Å². The minimum Gasteiger partial charge on any atom is -0.353 e. The van der Waals surface area contributed by atoms with Crippen molar-refractivity contribution in [3.63, 3.8) is 0 Å². The number of H-pyrrole nitrogens is 2. The van der Waals surface area contributed by atoms with Crippen molar-refractivity contribution < 1.29 is 4.79 Å². The smallest absolute Gasteiger partial charge is 0.342 e. The lowest BCUT2D eigenvalue weighted by atomic mass is 10.2. The summed E-state index contributed by atoms with van der Waals surface area (Å²) in [6.07, 6.45) is 1.50. The van der Waals surface area contributed by atoms with Gasteiger partial charge in [-0.25, -0.2) is 15.3 Å². The monoisotopic (exact) mass is 302 g/mol. The number of aromatic amines is 2. The number of nitrogens with zero attached hydrogens (tertiary/aromatic N) is 2. The molecule has 1 heterocycles. The molecular weight excluding hydrogens is 288 g/mol. The van der Waals surface area contributed by atoms with E-state index in [2.05, 4.69) is 26.0 Å². The average Bonchev–Trinajstić information content (AvgIpc) is 2.51. The molecule has 0 bridgehead atoms. The van der Waals surface area contributed by atoms with Crippen LogP contribution in [0, 0.1) is 0 Å². The van der Waals surface area contributed by atoms with Crippen molar-refractivity contribution in [2.75, 3.05) is 5.32 Å². The Hall–Kier alpha value is -3.23. The highest BCUT2D eigenvalue weighted by atomic mass is 16.2. The molecule has 9 nitrogen and oxygen atoms in total. The van der Waals surface area contributed by atoms with Crippen molar-refractivity contribution in [1.29, 1.82) is 0 Å². The highest BCUT2D eigenvalue weighted by molar-refractivity contribution is 5.86. The number of benzene rings is 1. The van der Waals surface area contributed by atoms with Crippen LogP contribution in [0.25, 0.3) is 0 Å². The van der Waals surface area contributed by atoms with Crippen molar-refractivity contribution in [1.82, 2.24) is 20.6 Å². The fourth-order valence-corrected chi connectivity index (χ4v) is 1.52. The molecule has 1 aromatic carbocycles. The molecule has 0 saturated carbocycles. The maximum atomic E-state index is 11.8. The molecule has 9 heteroatoms. The average molecular weight is 302 g/mol. The molecule has 2 aromatic rings. The van der Waals surface area contributed by atoms with Crippen molar-refractivity contribution in [2.24, 2.45) is 5.10 Å². The van der Waals surface area contributed by atoms with Gasteiger partial charge in [0.05, 0.1) is 6.21 Å². The lowest BCUT2D eigenvalue weighted by Gasteiger charge is -2.11. The lowest BCUT2D eigenvalue weighted by molar-refractivity contribution is -0.121. The van der Waals surface area contributed by atoms with Gasteiger partial charge in [-0.15, -0.1) is 5.10 Å². The first-order valence-electron chi connectivity index (χ1n) is 6.40. The van der Waals surface area contributed by atoms with Crippen LogP contribution in [0.5, 0.6) is 0 Å². The summed E-state index contributed by atoms with van der Waals surface area (Å²) in [4.78, 5) is 36.1. The minimum absolute atomic E-state index is 0.158. The first-order chi connectivity index (χ1) is 10.6. The number of amides is 1. The Morgan fingerprint density at radius 3 is 2.73 bits per heavy atom. The summed E-state index contributed by atoms with van der Waals surface area (Å²) < 4.78 is 0. The molecule has 1 atom stereocenters. The molecule has 0 radical (unpaired) electrons. The zero-order valence-electron chi connectivity index (χ0n) is 11.7. The summed E-state index contributed by atoms with van der Waals surface area (Å²) in [5.74, 6) is -0.617. The zero-order chi connectivity index (χ0) is 15.9. The van der Waals surface area contributed by atoms with Crippen LogP contribution in [0.2, 0.25) is 0 Å². The van der Waals surface area contributed by atoms with Gasteiger partial charge in [-0.05, 0) is 12.5 Å². The molecule has 114 valence electrons. The van der Waals surface area contributed by atoms with Crippen LogP contribution < -0.4 is 22.0 Å². The van der Waals surface area contributed by atoms with Crippen LogP contribution >= 0.6 is 0 Å². The van der Waals surface area contributed by atoms with E-state index in [9.17, 15) is 14.4 Å². The zero-order valence-corrected chi connectivity index (χ0v) is 11.7. The minimum atomic E-state index is -0.771. The van der Waals surface area contributed by atoms with Crippen LogP contribution in [0.3, 0.4) is 0 Å². The quantitative estimate of drug-likeness (QED) is 0.433. The molecule has 2 rings (SSSR count).